The van der Waals surface area contributed by atoms with Crippen molar-refractivity contribution in [3.05, 3.63) is 23.9 Å². The molecule has 1 aliphatic rings. The van der Waals surface area contributed by atoms with Gasteiger partial charge in [0.05, 0.1) is 19.3 Å². The molecular formula is C13H21N3O. The molecule has 1 N–H and O–H groups in total. The van der Waals surface area contributed by atoms with Gasteiger partial charge in [0.25, 0.3) is 0 Å². The highest BCUT2D eigenvalue weighted by Gasteiger charge is 2.23. The lowest BCUT2D eigenvalue weighted by molar-refractivity contribution is 0.0935. The van der Waals surface area contributed by atoms with Crippen LogP contribution in [0.25, 0.3) is 0 Å². The Morgan fingerprint density at radius 1 is 1.53 bits per heavy atom. The second-order valence-corrected chi connectivity index (χ2v) is 4.37. The van der Waals surface area contributed by atoms with E-state index in [0.717, 1.165) is 44.4 Å². The first kappa shape index (κ1) is 12.3. The standard InChI is InChI=1S/C13H21N3O/c1-3-14-9-12-10-17-8-7-16(12)13-6-4-5-11(2)15-13/h4-6,12,14H,3,7-10H2,1-2H3. The molecular weight excluding hydrogens is 214 g/mol. The number of anilines is 1. The van der Waals surface area contributed by atoms with E-state index in [9.17, 15) is 0 Å². The van der Waals surface area contributed by atoms with Crippen LogP contribution in [-0.4, -0.2) is 43.9 Å². The van der Waals surface area contributed by atoms with Gasteiger partial charge in [0.1, 0.15) is 5.82 Å². The first-order valence-corrected chi connectivity index (χ1v) is 6.30. The molecule has 0 spiro atoms. The van der Waals surface area contributed by atoms with Crippen LogP contribution in [0.1, 0.15) is 12.6 Å². The average molecular weight is 235 g/mol. The van der Waals surface area contributed by atoms with E-state index in [4.69, 9.17) is 4.74 Å². The fourth-order valence-corrected chi connectivity index (χ4v) is 2.13. The van der Waals surface area contributed by atoms with Crippen molar-refractivity contribution in [1.82, 2.24) is 10.3 Å². The summed E-state index contributed by atoms with van der Waals surface area (Å²) in [6.07, 6.45) is 0. The predicted molar refractivity (Wildman–Crippen MR) is 69.5 cm³/mol. The highest BCUT2D eigenvalue weighted by atomic mass is 16.5. The minimum atomic E-state index is 0.387. The monoisotopic (exact) mass is 235 g/mol. The Labute approximate surface area is 103 Å². The molecule has 0 bridgehead atoms. The van der Waals surface area contributed by atoms with Crippen molar-refractivity contribution in [2.24, 2.45) is 0 Å². The van der Waals surface area contributed by atoms with Gasteiger partial charge in [0.15, 0.2) is 0 Å². The summed E-state index contributed by atoms with van der Waals surface area (Å²) in [6, 6.07) is 6.57. The summed E-state index contributed by atoms with van der Waals surface area (Å²) in [5, 5.41) is 3.38. The van der Waals surface area contributed by atoms with E-state index in [0.29, 0.717) is 6.04 Å². The van der Waals surface area contributed by atoms with Gasteiger partial charge in [0, 0.05) is 18.8 Å². The normalized spacial score (nSPS) is 20.6. The van der Waals surface area contributed by atoms with Gasteiger partial charge in [-0.2, -0.15) is 0 Å². The van der Waals surface area contributed by atoms with Crippen molar-refractivity contribution >= 4 is 5.82 Å². The van der Waals surface area contributed by atoms with Gasteiger partial charge in [-0.1, -0.05) is 13.0 Å². The van der Waals surface area contributed by atoms with E-state index in [-0.39, 0.29) is 0 Å². The van der Waals surface area contributed by atoms with Crippen molar-refractivity contribution in [2.75, 3.05) is 37.7 Å². The third kappa shape index (κ3) is 3.17. The third-order valence-corrected chi connectivity index (χ3v) is 3.03. The number of rotatable bonds is 4. The van der Waals surface area contributed by atoms with E-state index in [1.165, 1.54) is 0 Å². The van der Waals surface area contributed by atoms with Crippen LogP contribution in [0.2, 0.25) is 0 Å². The molecule has 1 unspecified atom stereocenters. The van der Waals surface area contributed by atoms with E-state index in [1.54, 1.807) is 0 Å². The maximum Gasteiger partial charge on any atom is 0.129 e. The molecule has 94 valence electrons. The number of nitrogens with one attached hydrogen (secondary N) is 1. The number of morpholine rings is 1. The Balaban J connectivity index is 2.10. The molecule has 2 rings (SSSR count). The van der Waals surface area contributed by atoms with E-state index in [1.807, 2.05) is 13.0 Å². The lowest BCUT2D eigenvalue weighted by Crippen LogP contribution is -2.51. The number of aryl methyl sites for hydroxylation is 1. The molecule has 1 fully saturated rings. The van der Waals surface area contributed by atoms with E-state index < -0.39 is 0 Å². The fraction of sp³-hybridized carbons (Fsp3) is 0.615. The Bertz CT molecular complexity index is 356. The largest absolute Gasteiger partial charge is 0.377 e. The van der Waals surface area contributed by atoms with Crippen LogP contribution >= 0.6 is 0 Å². The molecule has 0 aromatic carbocycles. The van der Waals surface area contributed by atoms with Crippen LogP contribution in [0.15, 0.2) is 18.2 Å². The topological polar surface area (TPSA) is 37.4 Å². The van der Waals surface area contributed by atoms with Crippen molar-refractivity contribution in [2.45, 2.75) is 19.9 Å². The molecule has 1 aliphatic heterocycles. The molecule has 0 saturated carbocycles. The number of pyridine rings is 1. The quantitative estimate of drug-likeness (QED) is 0.851. The van der Waals surface area contributed by atoms with Gasteiger partial charge >= 0.3 is 0 Å². The minimum Gasteiger partial charge on any atom is -0.377 e. The summed E-state index contributed by atoms with van der Waals surface area (Å²) >= 11 is 0. The highest BCUT2D eigenvalue weighted by Crippen LogP contribution is 2.17. The van der Waals surface area contributed by atoms with Crippen LogP contribution < -0.4 is 10.2 Å². The van der Waals surface area contributed by atoms with Crippen molar-refractivity contribution in [1.29, 1.82) is 0 Å². The first-order valence-electron chi connectivity index (χ1n) is 6.30. The second kappa shape index (κ2) is 5.98. The number of likely N-dealkylation sites (N-methyl/N-ethyl adjacent to an activating group) is 1. The zero-order valence-corrected chi connectivity index (χ0v) is 10.6. The van der Waals surface area contributed by atoms with Gasteiger partial charge in [-0.25, -0.2) is 4.98 Å². The summed E-state index contributed by atoms with van der Waals surface area (Å²) in [4.78, 5) is 6.94. The van der Waals surface area contributed by atoms with Crippen molar-refractivity contribution in [3.8, 4) is 0 Å². The van der Waals surface area contributed by atoms with Crippen LogP contribution in [0, 0.1) is 6.92 Å². The molecule has 1 aromatic rings. The molecule has 1 atom stereocenters. The third-order valence-electron chi connectivity index (χ3n) is 3.03. The molecule has 17 heavy (non-hydrogen) atoms. The van der Waals surface area contributed by atoms with E-state index in [2.05, 4.69) is 34.3 Å². The Hall–Kier alpha value is -1.13. The van der Waals surface area contributed by atoms with Gasteiger partial charge in [0.2, 0.25) is 0 Å². The summed E-state index contributed by atoms with van der Waals surface area (Å²) in [5.74, 6) is 1.07. The SMILES string of the molecule is CCNCC1COCCN1c1cccc(C)n1. The molecule has 1 aromatic heterocycles. The van der Waals surface area contributed by atoms with Crippen molar-refractivity contribution < 1.29 is 4.74 Å². The first-order chi connectivity index (χ1) is 8.31. The minimum absolute atomic E-state index is 0.387. The zero-order valence-electron chi connectivity index (χ0n) is 10.6. The van der Waals surface area contributed by atoms with Crippen LogP contribution in [0.5, 0.6) is 0 Å². The zero-order chi connectivity index (χ0) is 12.1. The summed E-state index contributed by atoms with van der Waals surface area (Å²) in [6.45, 7) is 8.59. The molecule has 4 heteroatoms. The molecule has 0 radical (unpaired) electrons. The maximum absolute atomic E-state index is 5.55. The van der Waals surface area contributed by atoms with Crippen LogP contribution in [-0.2, 0) is 4.74 Å². The highest BCUT2D eigenvalue weighted by molar-refractivity contribution is 5.41. The number of hydrogen-bond donors (Lipinski definition) is 1. The summed E-state index contributed by atoms with van der Waals surface area (Å²) in [5.41, 5.74) is 1.07. The molecule has 0 aliphatic carbocycles. The van der Waals surface area contributed by atoms with Crippen molar-refractivity contribution in [3.63, 3.8) is 0 Å². The van der Waals surface area contributed by atoms with Crippen LogP contribution in [0.4, 0.5) is 5.82 Å². The van der Waals surface area contributed by atoms with Gasteiger partial charge in [-0.05, 0) is 25.6 Å². The smallest absolute Gasteiger partial charge is 0.129 e. The number of aromatic nitrogens is 1. The summed E-state index contributed by atoms with van der Waals surface area (Å²) in [7, 11) is 0. The lowest BCUT2D eigenvalue weighted by Gasteiger charge is -2.36. The van der Waals surface area contributed by atoms with E-state index >= 15 is 0 Å². The molecule has 0 amide bonds. The number of hydrogen-bond acceptors (Lipinski definition) is 4. The average Bonchev–Trinajstić information content (AvgIpc) is 2.37. The predicted octanol–water partition coefficient (Wildman–Crippen LogP) is 1.20. The molecule has 1 saturated heterocycles. The molecule has 4 nitrogen and oxygen atoms in total. The lowest BCUT2D eigenvalue weighted by atomic mass is 10.2. The maximum atomic E-state index is 5.55. The van der Waals surface area contributed by atoms with Gasteiger partial charge in [-0.15, -0.1) is 0 Å². The Morgan fingerprint density at radius 2 is 2.41 bits per heavy atom. The second-order valence-electron chi connectivity index (χ2n) is 4.37. The number of nitrogens with zero attached hydrogens (tertiary/aromatic N) is 2. The number of ether oxygens (including phenoxy) is 1. The Morgan fingerprint density at radius 3 is 3.18 bits per heavy atom. The van der Waals surface area contributed by atoms with Gasteiger partial charge < -0.3 is 15.0 Å². The fourth-order valence-electron chi connectivity index (χ4n) is 2.13. The molecule has 2 heterocycles. The van der Waals surface area contributed by atoms with Crippen LogP contribution in [0.3, 0.4) is 0 Å². The Kier molecular flexibility index (Phi) is 4.34. The summed E-state index contributed by atoms with van der Waals surface area (Å²) < 4.78 is 5.55. The van der Waals surface area contributed by atoms with Gasteiger partial charge in [-0.3, -0.25) is 0 Å².